The summed E-state index contributed by atoms with van der Waals surface area (Å²) in [7, 11) is 0. The van der Waals surface area contributed by atoms with Gasteiger partial charge in [0.05, 0.1) is 11.0 Å². The topological polar surface area (TPSA) is 91.6 Å². The van der Waals surface area contributed by atoms with Crippen LogP contribution in [0.15, 0.2) is 23.0 Å². The highest BCUT2D eigenvalue weighted by molar-refractivity contribution is 6.00. The van der Waals surface area contributed by atoms with Crippen LogP contribution in [0, 0.1) is 5.92 Å². The number of imidazole rings is 1. The van der Waals surface area contributed by atoms with Crippen molar-refractivity contribution < 1.29 is 9.59 Å². The van der Waals surface area contributed by atoms with E-state index in [9.17, 15) is 14.4 Å². The van der Waals surface area contributed by atoms with Crippen molar-refractivity contribution in [3.8, 4) is 0 Å². The number of aromatic nitrogens is 2. The van der Waals surface area contributed by atoms with E-state index in [1.807, 2.05) is 19.9 Å². The van der Waals surface area contributed by atoms with Crippen molar-refractivity contribution in [1.29, 1.82) is 0 Å². The lowest BCUT2D eigenvalue weighted by Gasteiger charge is -2.37. The van der Waals surface area contributed by atoms with Gasteiger partial charge >= 0.3 is 5.69 Å². The lowest BCUT2D eigenvalue weighted by Crippen LogP contribution is -2.46. The zero-order chi connectivity index (χ0) is 23.8. The second-order valence-electron chi connectivity index (χ2n) is 10.2. The van der Waals surface area contributed by atoms with Gasteiger partial charge in [0.2, 0.25) is 11.8 Å². The summed E-state index contributed by atoms with van der Waals surface area (Å²) in [6, 6.07) is 5.46. The molecule has 1 atom stereocenters. The Hall–Kier alpha value is -2.65. The van der Waals surface area contributed by atoms with Crippen LogP contribution in [-0.4, -0.2) is 71.7 Å². The first kappa shape index (κ1) is 23.1. The molecule has 5 rings (SSSR count). The summed E-state index contributed by atoms with van der Waals surface area (Å²) in [5.41, 5.74) is 2.55. The molecular weight excluding hydrogens is 432 g/mol. The summed E-state index contributed by atoms with van der Waals surface area (Å²) in [5, 5.41) is 5.82. The molecule has 0 bridgehead atoms. The van der Waals surface area contributed by atoms with Crippen LogP contribution in [0.1, 0.15) is 51.6 Å². The van der Waals surface area contributed by atoms with Crippen LogP contribution in [0.3, 0.4) is 0 Å². The monoisotopic (exact) mass is 468 g/mol. The van der Waals surface area contributed by atoms with E-state index in [1.165, 1.54) is 19.4 Å². The second kappa shape index (κ2) is 9.54. The normalized spacial score (nSPS) is 23.1. The molecule has 0 aliphatic carbocycles. The van der Waals surface area contributed by atoms with E-state index in [2.05, 4.69) is 32.6 Å². The van der Waals surface area contributed by atoms with Crippen LogP contribution < -0.4 is 21.2 Å². The minimum absolute atomic E-state index is 0.0375. The van der Waals surface area contributed by atoms with E-state index < -0.39 is 11.9 Å². The Balaban J connectivity index is 1.38. The standard InChI is InChI=1S/C25H36N6O3/c1-17(2)30-22-15-19(29-11-7-18(8-12-29)16-28-13-9-26-10-14-28)3-4-20(22)31(25(30)34)21-5-6-23(32)27-24(21)33/h3-4,15,17-18,21,26H,5-14,16H2,1-2H3,(H,27,32,33). The van der Waals surface area contributed by atoms with Crippen molar-refractivity contribution >= 4 is 28.5 Å². The van der Waals surface area contributed by atoms with Gasteiger partial charge in [-0.25, -0.2) is 4.79 Å². The molecule has 0 spiro atoms. The SMILES string of the molecule is CC(C)n1c(=O)n(C2CCC(=O)NC2=O)c2ccc(N3CCC(CN4CCNCC4)CC3)cc21. The zero-order valence-corrected chi connectivity index (χ0v) is 20.3. The van der Waals surface area contributed by atoms with Gasteiger partial charge in [-0.1, -0.05) is 0 Å². The molecule has 9 heteroatoms. The number of hydrogen-bond acceptors (Lipinski definition) is 6. The van der Waals surface area contributed by atoms with E-state index in [-0.39, 0.29) is 24.1 Å². The molecule has 2 aromatic rings. The first-order valence-corrected chi connectivity index (χ1v) is 12.7. The molecule has 0 radical (unpaired) electrons. The average molecular weight is 469 g/mol. The van der Waals surface area contributed by atoms with Gasteiger partial charge in [-0.05, 0) is 57.2 Å². The maximum absolute atomic E-state index is 13.4. The Morgan fingerprint density at radius 2 is 1.71 bits per heavy atom. The van der Waals surface area contributed by atoms with E-state index in [1.54, 1.807) is 9.13 Å². The van der Waals surface area contributed by atoms with Gasteiger partial charge < -0.3 is 15.1 Å². The molecule has 3 aliphatic heterocycles. The summed E-state index contributed by atoms with van der Waals surface area (Å²) in [5.74, 6) is 0.0712. The number of nitrogens with zero attached hydrogens (tertiary/aromatic N) is 4. The van der Waals surface area contributed by atoms with Crippen LogP contribution in [0.4, 0.5) is 5.69 Å². The van der Waals surface area contributed by atoms with Gasteiger partial charge in [0.1, 0.15) is 6.04 Å². The maximum Gasteiger partial charge on any atom is 0.330 e. The Bertz CT molecular complexity index is 1120. The van der Waals surface area contributed by atoms with Crippen molar-refractivity contribution in [3.63, 3.8) is 0 Å². The van der Waals surface area contributed by atoms with E-state index in [0.29, 0.717) is 6.42 Å². The Labute approximate surface area is 200 Å². The average Bonchev–Trinajstić information content (AvgIpc) is 3.11. The van der Waals surface area contributed by atoms with Gasteiger partial charge in [0.25, 0.3) is 0 Å². The molecule has 1 aromatic heterocycles. The quantitative estimate of drug-likeness (QED) is 0.646. The number of amides is 2. The summed E-state index contributed by atoms with van der Waals surface area (Å²) in [6.45, 7) is 11.7. The summed E-state index contributed by atoms with van der Waals surface area (Å²) in [4.78, 5) is 42.6. The first-order valence-electron chi connectivity index (χ1n) is 12.7. The van der Waals surface area contributed by atoms with Crippen molar-refractivity contribution in [1.82, 2.24) is 24.7 Å². The highest BCUT2D eigenvalue weighted by Gasteiger charge is 2.32. The smallest absolute Gasteiger partial charge is 0.330 e. The number of imide groups is 1. The Kier molecular flexibility index (Phi) is 6.48. The number of rotatable bonds is 5. The molecule has 184 valence electrons. The van der Waals surface area contributed by atoms with Crippen molar-refractivity contribution in [2.75, 3.05) is 50.7 Å². The van der Waals surface area contributed by atoms with Gasteiger partial charge in [-0.15, -0.1) is 0 Å². The minimum atomic E-state index is -0.653. The fraction of sp³-hybridized carbons (Fsp3) is 0.640. The largest absolute Gasteiger partial charge is 0.371 e. The summed E-state index contributed by atoms with van der Waals surface area (Å²) in [6.07, 6.45) is 2.95. The summed E-state index contributed by atoms with van der Waals surface area (Å²) < 4.78 is 3.36. The second-order valence-corrected chi connectivity index (χ2v) is 10.2. The van der Waals surface area contributed by atoms with Crippen LogP contribution in [0.2, 0.25) is 0 Å². The van der Waals surface area contributed by atoms with Crippen molar-refractivity contribution in [2.24, 2.45) is 5.92 Å². The van der Waals surface area contributed by atoms with E-state index in [4.69, 9.17) is 0 Å². The third kappa shape index (κ3) is 4.38. The molecule has 3 aliphatic rings. The van der Waals surface area contributed by atoms with Crippen molar-refractivity contribution in [3.05, 3.63) is 28.7 Å². The van der Waals surface area contributed by atoms with E-state index >= 15 is 0 Å². The third-order valence-corrected chi connectivity index (χ3v) is 7.63. The number of anilines is 1. The van der Waals surface area contributed by atoms with Crippen LogP contribution in [-0.2, 0) is 9.59 Å². The lowest BCUT2D eigenvalue weighted by molar-refractivity contribution is -0.135. The molecule has 34 heavy (non-hydrogen) atoms. The number of nitrogens with one attached hydrogen (secondary N) is 2. The van der Waals surface area contributed by atoms with Gasteiger partial charge in [-0.2, -0.15) is 0 Å². The molecule has 3 fully saturated rings. The molecule has 0 saturated carbocycles. The van der Waals surface area contributed by atoms with Gasteiger partial charge in [0.15, 0.2) is 0 Å². The minimum Gasteiger partial charge on any atom is -0.371 e. The molecule has 9 nitrogen and oxygen atoms in total. The molecule has 1 aromatic carbocycles. The molecule has 2 amide bonds. The maximum atomic E-state index is 13.4. The molecule has 4 heterocycles. The number of hydrogen-bond donors (Lipinski definition) is 2. The van der Waals surface area contributed by atoms with Crippen LogP contribution >= 0.6 is 0 Å². The predicted octanol–water partition coefficient (Wildman–Crippen LogP) is 1.48. The van der Waals surface area contributed by atoms with Crippen molar-refractivity contribution in [2.45, 2.75) is 51.6 Å². The highest BCUT2D eigenvalue weighted by atomic mass is 16.2. The van der Waals surface area contributed by atoms with E-state index in [0.717, 1.165) is 61.9 Å². The highest BCUT2D eigenvalue weighted by Crippen LogP contribution is 2.30. The fourth-order valence-electron chi connectivity index (χ4n) is 5.79. The number of piperidine rings is 2. The molecule has 2 N–H and O–H groups in total. The number of carbonyl (C=O) groups excluding carboxylic acids is 2. The third-order valence-electron chi connectivity index (χ3n) is 7.63. The predicted molar refractivity (Wildman–Crippen MR) is 132 cm³/mol. The van der Waals surface area contributed by atoms with Crippen LogP contribution in [0.5, 0.6) is 0 Å². The number of carbonyl (C=O) groups is 2. The first-order chi connectivity index (χ1) is 16.4. The molecule has 1 unspecified atom stereocenters. The summed E-state index contributed by atoms with van der Waals surface area (Å²) >= 11 is 0. The zero-order valence-electron chi connectivity index (χ0n) is 20.3. The number of benzene rings is 1. The Morgan fingerprint density at radius 3 is 2.38 bits per heavy atom. The number of fused-ring (bicyclic) bond motifs is 1. The van der Waals surface area contributed by atoms with Gasteiger partial charge in [-0.3, -0.25) is 24.0 Å². The Morgan fingerprint density at radius 1 is 0.971 bits per heavy atom. The van der Waals surface area contributed by atoms with Gasteiger partial charge in [0, 0.05) is 64.0 Å². The van der Waals surface area contributed by atoms with Crippen LogP contribution in [0.25, 0.3) is 11.0 Å². The number of piperazine rings is 1. The fourth-order valence-corrected chi connectivity index (χ4v) is 5.79. The lowest BCUT2D eigenvalue weighted by atomic mass is 9.95. The molecule has 3 saturated heterocycles. The molecular formula is C25H36N6O3.